The van der Waals surface area contributed by atoms with E-state index in [2.05, 4.69) is 15.9 Å². The van der Waals surface area contributed by atoms with Gasteiger partial charge in [-0.2, -0.15) is 0 Å². The van der Waals surface area contributed by atoms with Crippen molar-refractivity contribution in [3.63, 3.8) is 0 Å². The lowest BCUT2D eigenvalue weighted by Crippen LogP contribution is -2.20. The molecular formula is C12H14BrNO4. The van der Waals surface area contributed by atoms with Gasteiger partial charge >= 0.3 is 5.97 Å². The van der Waals surface area contributed by atoms with E-state index in [-0.39, 0.29) is 16.8 Å². The Kier molecular flexibility index (Phi) is 4.11. The lowest BCUT2D eigenvalue weighted by molar-refractivity contribution is -0.386. The molecule has 1 N–H and O–H groups in total. The average molecular weight is 316 g/mol. The van der Waals surface area contributed by atoms with Crippen LogP contribution in [0.25, 0.3) is 0 Å². The number of alkyl halides is 1. The maximum Gasteiger partial charge on any atom is 0.336 e. The van der Waals surface area contributed by atoms with Gasteiger partial charge in [0.1, 0.15) is 0 Å². The summed E-state index contributed by atoms with van der Waals surface area (Å²) in [6.45, 7) is 5.29. The van der Waals surface area contributed by atoms with Crippen molar-refractivity contribution in [2.45, 2.75) is 31.5 Å². The second kappa shape index (κ2) is 5.06. The lowest BCUT2D eigenvalue weighted by atomic mass is 9.81. The number of halogens is 1. The van der Waals surface area contributed by atoms with E-state index in [1.54, 1.807) is 20.8 Å². The standard InChI is InChI=1S/C12H14BrNO4/c1-12(2,3)9-8(11(15)16)5-4-7(6-13)10(9)14(17)18/h4-5H,6H2,1-3H3,(H,15,16). The zero-order chi connectivity index (χ0) is 14.1. The molecule has 98 valence electrons. The molecule has 0 saturated carbocycles. The molecule has 0 aliphatic rings. The van der Waals surface area contributed by atoms with Crippen LogP contribution < -0.4 is 0 Å². The van der Waals surface area contributed by atoms with E-state index in [1.807, 2.05) is 0 Å². The molecule has 0 spiro atoms. The molecule has 0 amide bonds. The highest BCUT2D eigenvalue weighted by Crippen LogP contribution is 2.37. The van der Waals surface area contributed by atoms with Gasteiger partial charge in [0.15, 0.2) is 0 Å². The van der Waals surface area contributed by atoms with Crippen LogP contribution in [0.5, 0.6) is 0 Å². The highest BCUT2D eigenvalue weighted by atomic mass is 79.9. The van der Waals surface area contributed by atoms with Crippen LogP contribution in [-0.4, -0.2) is 16.0 Å². The van der Waals surface area contributed by atoms with Crippen molar-refractivity contribution in [3.05, 3.63) is 38.9 Å². The molecule has 0 bridgehead atoms. The molecule has 1 rings (SSSR count). The summed E-state index contributed by atoms with van der Waals surface area (Å²) in [5, 5.41) is 20.7. The fourth-order valence-electron chi connectivity index (χ4n) is 1.89. The molecule has 0 saturated heterocycles. The zero-order valence-corrected chi connectivity index (χ0v) is 11.9. The second-order valence-corrected chi connectivity index (χ2v) is 5.50. The number of hydrogen-bond donors (Lipinski definition) is 1. The minimum absolute atomic E-state index is 0.0149. The van der Waals surface area contributed by atoms with Crippen molar-refractivity contribution < 1.29 is 14.8 Å². The van der Waals surface area contributed by atoms with Crippen molar-refractivity contribution in [1.29, 1.82) is 0 Å². The molecule has 0 aliphatic carbocycles. The van der Waals surface area contributed by atoms with Crippen LogP contribution >= 0.6 is 15.9 Å². The molecule has 0 atom stereocenters. The molecule has 0 aliphatic heterocycles. The fourth-order valence-corrected chi connectivity index (χ4v) is 2.34. The number of carboxylic acids is 1. The number of hydrogen-bond acceptors (Lipinski definition) is 3. The maximum atomic E-state index is 11.2. The van der Waals surface area contributed by atoms with Gasteiger partial charge in [-0.3, -0.25) is 10.1 Å². The molecule has 0 fully saturated rings. The first-order valence-corrected chi connectivity index (χ1v) is 6.42. The van der Waals surface area contributed by atoms with Crippen LogP contribution in [0, 0.1) is 10.1 Å². The molecule has 0 unspecified atom stereocenters. The van der Waals surface area contributed by atoms with Crippen molar-refractivity contribution >= 4 is 27.6 Å². The summed E-state index contributed by atoms with van der Waals surface area (Å²) in [6.07, 6.45) is 0. The van der Waals surface area contributed by atoms with E-state index in [0.717, 1.165) is 0 Å². The molecule has 0 radical (unpaired) electrons. The first kappa shape index (κ1) is 14.6. The summed E-state index contributed by atoms with van der Waals surface area (Å²) in [4.78, 5) is 21.9. The predicted octanol–water partition coefficient (Wildman–Crippen LogP) is 3.49. The Bertz CT molecular complexity index is 506. The van der Waals surface area contributed by atoms with Crippen molar-refractivity contribution in [1.82, 2.24) is 0 Å². The highest BCUT2D eigenvalue weighted by Gasteiger charge is 2.32. The quantitative estimate of drug-likeness (QED) is 0.526. The smallest absolute Gasteiger partial charge is 0.336 e. The maximum absolute atomic E-state index is 11.2. The van der Waals surface area contributed by atoms with E-state index in [1.165, 1.54) is 12.1 Å². The van der Waals surface area contributed by atoms with Gasteiger partial charge in [-0.15, -0.1) is 0 Å². The summed E-state index contributed by atoms with van der Waals surface area (Å²) in [7, 11) is 0. The Morgan fingerprint density at radius 1 is 1.44 bits per heavy atom. The molecule has 1 aromatic rings. The number of aromatic carboxylic acids is 1. The third-order valence-corrected chi connectivity index (χ3v) is 3.17. The van der Waals surface area contributed by atoms with Gasteiger partial charge in [0.2, 0.25) is 0 Å². The van der Waals surface area contributed by atoms with Gasteiger partial charge in [0.05, 0.1) is 10.5 Å². The fraction of sp³-hybridized carbons (Fsp3) is 0.417. The molecule has 6 heteroatoms. The lowest BCUT2D eigenvalue weighted by Gasteiger charge is -2.22. The van der Waals surface area contributed by atoms with E-state index in [0.29, 0.717) is 10.9 Å². The van der Waals surface area contributed by atoms with Crippen molar-refractivity contribution in [3.8, 4) is 0 Å². The molecule has 5 nitrogen and oxygen atoms in total. The molecular weight excluding hydrogens is 302 g/mol. The highest BCUT2D eigenvalue weighted by molar-refractivity contribution is 9.08. The van der Waals surface area contributed by atoms with Gasteiger partial charge in [0.25, 0.3) is 5.69 Å². The van der Waals surface area contributed by atoms with Gasteiger partial charge in [-0.25, -0.2) is 4.79 Å². The minimum Gasteiger partial charge on any atom is -0.478 e. The van der Waals surface area contributed by atoms with Crippen LogP contribution in [0.15, 0.2) is 12.1 Å². The number of carboxylic acid groups (broad SMARTS) is 1. The first-order chi connectivity index (χ1) is 8.20. The van der Waals surface area contributed by atoms with Crippen molar-refractivity contribution in [2.75, 3.05) is 0 Å². The predicted molar refractivity (Wildman–Crippen MR) is 71.4 cm³/mol. The average Bonchev–Trinajstić information content (AvgIpc) is 2.25. The largest absolute Gasteiger partial charge is 0.478 e. The number of benzene rings is 1. The summed E-state index contributed by atoms with van der Waals surface area (Å²) < 4.78 is 0. The number of nitro groups is 1. The Morgan fingerprint density at radius 3 is 2.33 bits per heavy atom. The second-order valence-electron chi connectivity index (χ2n) is 4.94. The van der Waals surface area contributed by atoms with Crippen LogP contribution in [0.2, 0.25) is 0 Å². The molecule has 18 heavy (non-hydrogen) atoms. The molecule has 0 heterocycles. The summed E-state index contributed by atoms with van der Waals surface area (Å²) in [5.41, 5.74) is -0.000972. The molecule has 1 aromatic carbocycles. The van der Waals surface area contributed by atoms with Crippen molar-refractivity contribution in [2.24, 2.45) is 0 Å². The van der Waals surface area contributed by atoms with Crippen LogP contribution in [0.1, 0.15) is 42.3 Å². The Labute approximate surface area is 113 Å². The monoisotopic (exact) mass is 315 g/mol. The normalized spacial score (nSPS) is 11.3. The van der Waals surface area contributed by atoms with Crippen LogP contribution in [0.4, 0.5) is 5.69 Å². The zero-order valence-electron chi connectivity index (χ0n) is 10.4. The number of carbonyl (C=O) groups is 1. The summed E-state index contributed by atoms with van der Waals surface area (Å²) in [6, 6.07) is 2.90. The van der Waals surface area contributed by atoms with Gasteiger partial charge in [-0.1, -0.05) is 42.8 Å². The third-order valence-electron chi connectivity index (χ3n) is 2.57. The van der Waals surface area contributed by atoms with E-state index < -0.39 is 16.3 Å². The Balaban J connectivity index is 3.77. The Hall–Kier alpha value is -1.43. The van der Waals surface area contributed by atoms with Crippen LogP contribution in [-0.2, 0) is 10.7 Å². The van der Waals surface area contributed by atoms with E-state index in [9.17, 15) is 14.9 Å². The van der Waals surface area contributed by atoms with E-state index >= 15 is 0 Å². The molecule has 0 aromatic heterocycles. The topological polar surface area (TPSA) is 80.4 Å². The van der Waals surface area contributed by atoms with Gasteiger partial charge in [-0.05, 0) is 11.5 Å². The Morgan fingerprint density at radius 2 is 2.00 bits per heavy atom. The number of nitrogens with zero attached hydrogens (tertiary/aromatic N) is 1. The minimum atomic E-state index is -1.15. The number of rotatable bonds is 3. The van der Waals surface area contributed by atoms with Gasteiger partial charge in [0, 0.05) is 16.5 Å². The van der Waals surface area contributed by atoms with E-state index in [4.69, 9.17) is 5.11 Å². The first-order valence-electron chi connectivity index (χ1n) is 5.30. The van der Waals surface area contributed by atoms with Gasteiger partial charge < -0.3 is 5.11 Å². The third kappa shape index (κ3) is 2.69. The van der Waals surface area contributed by atoms with Crippen LogP contribution in [0.3, 0.4) is 0 Å². The summed E-state index contributed by atoms with van der Waals surface area (Å²) >= 11 is 3.19. The SMILES string of the molecule is CC(C)(C)c1c(C(=O)O)ccc(CBr)c1[N+](=O)[O-]. The summed E-state index contributed by atoms with van der Waals surface area (Å²) in [5.74, 6) is -1.15. The number of nitro benzene ring substituents is 1.